The van der Waals surface area contributed by atoms with Gasteiger partial charge in [0, 0.05) is 43.4 Å². The minimum Gasteiger partial charge on any atom is -0.459 e. The summed E-state index contributed by atoms with van der Waals surface area (Å²) >= 11 is 1.56. The molecule has 1 saturated carbocycles. The van der Waals surface area contributed by atoms with Crippen molar-refractivity contribution in [2.24, 2.45) is 5.92 Å². The molecule has 0 spiro atoms. The Balaban J connectivity index is 1.37. The van der Waals surface area contributed by atoms with Crippen LogP contribution in [0.15, 0.2) is 29.7 Å². The number of carbonyl (C=O) groups is 4. The number of fused-ring (bicyclic) bond motifs is 3. The second-order valence-electron chi connectivity index (χ2n) is 18.0. The highest BCUT2D eigenvalue weighted by molar-refractivity contribution is 7.87. The van der Waals surface area contributed by atoms with Crippen LogP contribution in [0, 0.1) is 12.8 Å². The Kier molecular flexibility index (Phi) is 13.1. The second-order valence-corrected chi connectivity index (χ2v) is 20.7. The Labute approximate surface area is 357 Å². The van der Waals surface area contributed by atoms with Crippen LogP contribution in [0.3, 0.4) is 0 Å². The molecule has 1 aromatic carbocycles. The SMILES string of the molecule is Cc1ccc2c(nc(OC3CC4C(=O)NC5(C(=O)NS(=O)(=O)N(C)C)CC5C=CCCCCCC(NC(=O)OC(C)(C)C)C(=O)N4C3)n2C(C)C)c1-c1nc(C(C)C)cs1. The maximum atomic E-state index is 14.7. The monoisotopic (exact) mass is 868 g/mol. The van der Waals surface area contributed by atoms with E-state index < -0.39 is 69.3 Å². The molecule has 0 bridgehead atoms. The normalized spacial score (nSPS) is 24.2. The van der Waals surface area contributed by atoms with Crippen molar-refractivity contribution in [3.8, 4) is 16.6 Å². The molecule has 5 atom stereocenters. The summed E-state index contributed by atoms with van der Waals surface area (Å²) in [5.41, 5.74) is 2.10. The Morgan fingerprint density at radius 3 is 2.47 bits per heavy atom. The molecule has 60 heavy (non-hydrogen) atoms. The maximum Gasteiger partial charge on any atom is 0.408 e. The van der Waals surface area contributed by atoms with E-state index >= 15 is 0 Å². The van der Waals surface area contributed by atoms with Crippen LogP contribution in [0.1, 0.15) is 117 Å². The third kappa shape index (κ3) is 9.65. The molecule has 1 aliphatic carbocycles. The van der Waals surface area contributed by atoms with E-state index in [1.807, 2.05) is 49.6 Å². The van der Waals surface area contributed by atoms with Gasteiger partial charge in [-0.25, -0.2) is 14.5 Å². The van der Waals surface area contributed by atoms with E-state index in [0.717, 1.165) is 50.0 Å². The van der Waals surface area contributed by atoms with Crippen LogP contribution in [0.2, 0.25) is 0 Å². The first-order valence-electron chi connectivity index (χ1n) is 20.8. The summed E-state index contributed by atoms with van der Waals surface area (Å²) in [4.78, 5) is 67.6. The Morgan fingerprint density at radius 1 is 1.08 bits per heavy atom. The number of carbonyl (C=O) groups excluding carboxylic acids is 4. The lowest BCUT2D eigenvalue weighted by molar-refractivity contribution is -0.141. The van der Waals surface area contributed by atoms with Crippen molar-refractivity contribution < 1.29 is 37.1 Å². The first-order chi connectivity index (χ1) is 28.1. The molecule has 2 aliphatic heterocycles. The first kappa shape index (κ1) is 45.0. The molecule has 3 N–H and O–H groups in total. The summed E-state index contributed by atoms with van der Waals surface area (Å²) in [5, 5.41) is 8.57. The van der Waals surface area contributed by atoms with Crippen LogP contribution in [0.4, 0.5) is 4.79 Å². The highest BCUT2D eigenvalue weighted by atomic mass is 32.2. The number of aromatic nitrogens is 3. The molecular formula is C42H60N8O8S2. The van der Waals surface area contributed by atoms with Gasteiger partial charge in [0.15, 0.2) is 0 Å². The van der Waals surface area contributed by atoms with E-state index in [1.54, 1.807) is 32.1 Å². The van der Waals surface area contributed by atoms with E-state index in [-0.39, 0.29) is 31.3 Å². The fourth-order valence-corrected chi connectivity index (χ4v) is 9.51. The summed E-state index contributed by atoms with van der Waals surface area (Å²) in [6, 6.07) is 2.12. The third-order valence-corrected chi connectivity index (χ3v) is 13.5. The molecule has 3 aromatic rings. The van der Waals surface area contributed by atoms with E-state index in [4.69, 9.17) is 19.4 Å². The zero-order chi connectivity index (χ0) is 43.9. The van der Waals surface area contributed by atoms with Crippen molar-refractivity contribution in [2.45, 2.75) is 142 Å². The molecule has 2 fully saturated rings. The van der Waals surface area contributed by atoms with Gasteiger partial charge in [0.1, 0.15) is 39.9 Å². The number of aryl methyl sites for hydroxylation is 1. The standard InChI is InChI=1S/C42H60N8O8S2/c1-24(2)30-23-59-36(43-30)33-26(5)18-19-31-34(33)45-39(50(31)25(3)4)57-28-20-32-35(51)46-42(38(53)47-60(55,56)48(9)10)21-27(42)16-14-12-11-13-15-17-29(37(52)49(32)22-28)44-40(54)58-41(6,7)8/h14,16,18-19,23-25,27-29,32H,11-13,15,17,20-22H2,1-10H3,(H,44,54)(H,46,51)(H,47,53). The van der Waals surface area contributed by atoms with Gasteiger partial charge in [-0.05, 0) is 84.8 Å². The van der Waals surface area contributed by atoms with Gasteiger partial charge in [-0.3, -0.25) is 19.0 Å². The van der Waals surface area contributed by atoms with Gasteiger partial charge in [0.2, 0.25) is 11.8 Å². The molecule has 4 heterocycles. The molecule has 328 valence electrons. The van der Waals surface area contributed by atoms with Crippen molar-refractivity contribution in [1.82, 2.24) is 39.1 Å². The lowest BCUT2D eigenvalue weighted by Gasteiger charge is -2.30. The number of rotatable bonds is 9. The number of thiazole rings is 1. The second kappa shape index (κ2) is 17.4. The minimum atomic E-state index is -4.18. The average molecular weight is 869 g/mol. The molecule has 18 heteroatoms. The van der Waals surface area contributed by atoms with Crippen molar-refractivity contribution in [3.63, 3.8) is 0 Å². The number of amides is 4. The number of hydrogen-bond donors (Lipinski definition) is 3. The molecular weight excluding hydrogens is 809 g/mol. The number of allylic oxidation sites excluding steroid dienone is 1. The molecule has 16 nitrogen and oxygen atoms in total. The van der Waals surface area contributed by atoms with Gasteiger partial charge in [-0.1, -0.05) is 44.9 Å². The van der Waals surface area contributed by atoms with Gasteiger partial charge >= 0.3 is 16.3 Å². The smallest absolute Gasteiger partial charge is 0.408 e. The highest BCUT2D eigenvalue weighted by Crippen LogP contribution is 2.46. The van der Waals surface area contributed by atoms with Crippen molar-refractivity contribution in [2.75, 3.05) is 20.6 Å². The number of hydrogen-bond acceptors (Lipinski definition) is 11. The lowest BCUT2D eigenvalue weighted by atomic mass is 10.0. The van der Waals surface area contributed by atoms with E-state index in [1.165, 1.54) is 19.0 Å². The van der Waals surface area contributed by atoms with Gasteiger partial charge < -0.3 is 25.0 Å². The zero-order valence-corrected chi connectivity index (χ0v) is 38.0. The largest absolute Gasteiger partial charge is 0.459 e. The molecule has 4 amide bonds. The minimum absolute atomic E-state index is 0.0294. The number of nitrogens with zero attached hydrogens (tertiary/aromatic N) is 5. The predicted molar refractivity (Wildman–Crippen MR) is 230 cm³/mol. The van der Waals surface area contributed by atoms with Crippen LogP contribution in [-0.4, -0.2) is 106 Å². The summed E-state index contributed by atoms with van der Waals surface area (Å²) in [7, 11) is -1.58. The Hall–Kier alpha value is -4.55. The molecule has 1 saturated heterocycles. The Bertz CT molecular complexity index is 2260. The van der Waals surface area contributed by atoms with Gasteiger partial charge in [0.25, 0.3) is 11.9 Å². The highest BCUT2D eigenvalue weighted by Gasteiger charge is 2.62. The summed E-state index contributed by atoms with van der Waals surface area (Å²) in [5.74, 6) is -2.22. The quantitative estimate of drug-likeness (QED) is 0.224. The van der Waals surface area contributed by atoms with Crippen LogP contribution in [0.25, 0.3) is 21.6 Å². The lowest BCUT2D eigenvalue weighted by Crippen LogP contribution is -2.58. The fourth-order valence-electron chi connectivity index (χ4n) is 7.82. The Morgan fingerprint density at radius 2 is 1.82 bits per heavy atom. The van der Waals surface area contributed by atoms with E-state index in [0.29, 0.717) is 25.3 Å². The van der Waals surface area contributed by atoms with Gasteiger partial charge in [0.05, 0.1) is 17.8 Å². The van der Waals surface area contributed by atoms with Crippen LogP contribution in [-0.2, 0) is 29.3 Å². The number of alkyl carbamates (subject to hydrolysis) is 1. The molecule has 6 rings (SSSR count). The number of nitrogens with one attached hydrogen (secondary N) is 3. The van der Waals surface area contributed by atoms with Crippen LogP contribution >= 0.6 is 11.3 Å². The molecule has 3 aliphatic rings. The average Bonchev–Trinajstić information content (AvgIpc) is 3.49. The maximum absolute atomic E-state index is 14.7. The molecule has 2 aromatic heterocycles. The predicted octanol–water partition coefficient (Wildman–Crippen LogP) is 5.73. The number of benzene rings is 1. The van der Waals surface area contributed by atoms with Crippen LogP contribution < -0.4 is 20.1 Å². The first-order valence-corrected chi connectivity index (χ1v) is 23.1. The van der Waals surface area contributed by atoms with Crippen molar-refractivity contribution in [1.29, 1.82) is 0 Å². The number of imidazole rings is 1. The van der Waals surface area contributed by atoms with E-state index in [2.05, 4.69) is 34.6 Å². The zero-order valence-electron chi connectivity index (χ0n) is 36.3. The van der Waals surface area contributed by atoms with Gasteiger partial charge in [-0.15, -0.1) is 11.3 Å². The topological polar surface area (TPSA) is 194 Å². The van der Waals surface area contributed by atoms with Crippen molar-refractivity contribution >= 4 is 56.4 Å². The summed E-state index contributed by atoms with van der Waals surface area (Å²) in [6.07, 6.45) is 5.61. The van der Waals surface area contributed by atoms with Crippen LogP contribution in [0.5, 0.6) is 6.01 Å². The third-order valence-electron chi connectivity index (χ3n) is 11.2. The summed E-state index contributed by atoms with van der Waals surface area (Å²) < 4.78 is 42.9. The molecule has 5 unspecified atom stereocenters. The fraction of sp³-hybridized carbons (Fsp3) is 0.619. The van der Waals surface area contributed by atoms with Crippen molar-refractivity contribution in [3.05, 3.63) is 40.9 Å². The number of ether oxygens (including phenoxy) is 2. The molecule has 0 radical (unpaired) electrons. The van der Waals surface area contributed by atoms with E-state index in [9.17, 15) is 27.6 Å². The summed E-state index contributed by atoms with van der Waals surface area (Å²) in [6.45, 7) is 15.5. The van der Waals surface area contributed by atoms with Gasteiger partial charge in [-0.2, -0.15) is 17.7 Å².